The van der Waals surface area contributed by atoms with Crippen molar-refractivity contribution in [2.75, 3.05) is 6.61 Å². The highest BCUT2D eigenvalue weighted by atomic mass is 16.5. The fourth-order valence-corrected chi connectivity index (χ4v) is 3.20. The molecule has 21 heavy (non-hydrogen) atoms. The molecule has 3 rings (SSSR count). The van der Waals surface area contributed by atoms with Gasteiger partial charge in [0.2, 0.25) is 5.91 Å². The smallest absolute Gasteiger partial charge is 0.331 e. The van der Waals surface area contributed by atoms with Gasteiger partial charge in [0.15, 0.2) is 0 Å². The number of ether oxygens (including phenoxy) is 1. The van der Waals surface area contributed by atoms with Crippen LogP contribution < -0.4 is 0 Å². The lowest BCUT2D eigenvalue weighted by Gasteiger charge is -2.47. The van der Waals surface area contributed by atoms with Gasteiger partial charge in [0.1, 0.15) is 12.1 Å². The van der Waals surface area contributed by atoms with Crippen LogP contribution in [0.25, 0.3) is 0 Å². The van der Waals surface area contributed by atoms with Gasteiger partial charge in [-0.05, 0) is 37.8 Å². The van der Waals surface area contributed by atoms with Crippen LogP contribution in [-0.4, -0.2) is 28.9 Å². The molecule has 0 aliphatic carbocycles. The van der Waals surface area contributed by atoms with Crippen LogP contribution in [0.1, 0.15) is 37.8 Å². The molecule has 1 saturated heterocycles. The van der Waals surface area contributed by atoms with Gasteiger partial charge in [0, 0.05) is 0 Å². The van der Waals surface area contributed by atoms with Crippen LogP contribution in [0.15, 0.2) is 42.5 Å². The average molecular weight is 285 g/mol. The Balaban J connectivity index is 2.06. The van der Waals surface area contributed by atoms with Crippen molar-refractivity contribution < 1.29 is 14.3 Å². The number of cyclic esters (lactones) is 1. The predicted molar refractivity (Wildman–Crippen MR) is 78.4 cm³/mol. The van der Waals surface area contributed by atoms with E-state index in [0.29, 0.717) is 6.42 Å². The molecule has 110 valence electrons. The standard InChI is InChI=1S/C17H19NO3/c1-17-11-7-3-6-10-15(19)18(17)14(12-21-16(17)20)13-8-4-2-5-9-13/h2,4-6,8-10,14H,3,7,11-12H2,1H3/b10-6-/t14-,17+/m0/s1. The van der Waals surface area contributed by atoms with Crippen LogP contribution in [-0.2, 0) is 14.3 Å². The van der Waals surface area contributed by atoms with Gasteiger partial charge in [-0.15, -0.1) is 0 Å². The fourth-order valence-electron chi connectivity index (χ4n) is 3.20. The molecule has 1 amide bonds. The number of carbonyl (C=O) groups is 2. The van der Waals surface area contributed by atoms with Crippen molar-refractivity contribution in [1.29, 1.82) is 0 Å². The molecule has 1 fully saturated rings. The molecule has 0 spiro atoms. The Kier molecular flexibility index (Phi) is 3.53. The summed E-state index contributed by atoms with van der Waals surface area (Å²) in [7, 11) is 0. The zero-order chi connectivity index (χ0) is 14.9. The molecule has 1 aromatic carbocycles. The van der Waals surface area contributed by atoms with E-state index >= 15 is 0 Å². The second-order valence-corrected chi connectivity index (χ2v) is 5.80. The number of nitrogens with zero attached hydrogens (tertiary/aromatic N) is 1. The van der Waals surface area contributed by atoms with Crippen molar-refractivity contribution in [1.82, 2.24) is 4.90 Å². The van der Waals surface area contributed by atoms with Crippen molar-refractivity contribution in [2.45, 2.75) is 37.8 Å². The summed E-state index contributed by atoms with van der Waals surface area (Å²) in [5.74, 6) is -0.402. The van der Waals surface area contributed by atoms with Crippen molar-refractivity contribution in [3.05, 3.63) is 48.0 Å². The Morgan fingerprint density at radius 2 is 2.00 bits per heavy atom. The van der Waals surface area contributed by atoms with E-state index in [2.05, 4.69) is 0 Å². The third-order valence-corrected chi connectivity index (χ3v) is 4.37. The topological polar surface area (TPSA) is 46.6 Å². The van der Waals surface area contributed by atoms with Gasteiger partial charge in [-0.2, -0.15) is 0 Å². The minimum Gasteiger partial charge on any atom is -0.461 e. The molecule has 2 aliphatic heterocycles. The number of rotatable bonds is 1. The SMILES string of the molecule is C[C@]12CCC/C=C\C(=O)N1[C@H](c1ccccc1)COC2=O. The monoisotopic (exact) mass is 285 g/mol. The van der Waals surface area contributed by atoms with Gasteiger partial charge >= 0.3 is 5.97 Å². The van der Waals surface area contributed by atoms with Gasteiger partial charge in [0.05, 0.1) is 6.04 Å². The Bertz CT molecular complexity index is 581. The highest BCUT2D eigenvalue weighted by Crippen LogP contribution is 2.38. The average Bonchev–Trinajstić information content (AvgIpc) is 2.49. The first kappa shape index (κ1) is 13.9. The fraction of sp³-hybridized carbons (Fsp3) is 0.412. The minimum absolute atomic E-state index is 0.109. The number of morpholine rings is 1. The molecule has 0 radical (unpaired) electrons. The maximum Gasteiger partial charge on any atom is 0.331 e. The molecule has 4 nitrogen and oxygen atoms in total. The second kappa shape index (κ2) is 5.35. The van der Waals surface area contributed by atoms with Gasteiger partial charge in [-0.1, -0.05) is 36.4 Å². The predicted octanol–water partition coefficient (Wildman–Crippen LogP) is 2.61. The van der Waals surface area contributed by atoms with E-state index in [9.17, 15) is 9.59 Å². The lowest BCUT2D eigenvalue weighted by Crippen LogP contribution is -2.61. The number of fused-ring (bicyclic) bond motifs is 1. The Hall–Kier alpha value is -2.10. The van der Waals surface area contributed by atoms with Crippen molar-refractivity contribution in [3.8, 4) is 0 Å². The first-order valence-electron chi connectivity index (χ1n) is 7.35. The van der Waals surface area contributed by atoms with Gasteiger partial charge < -0.3 is 9.64 Å². The molecular weight excluding hydrogens is 266 g/mol. The lowest BCUT2D eigenvalue weighted by atomic mass is 9.86. The van der Waals surface area contributed by atoms with Crippen LogP contribution in [0.4, 0.5) is 0 Å². The number of benzene rings is 1. The van der Waals surface area contributed by atoms with Crippen LogP contribution in [0.5, 0.6) is 0 Å². The second-order valence-electron chi connectivity index (χ2n) is 5.80. The molecule has 0 bridgehead atoms. The van der Waals surface area contributed by atoms with E-state index in [1.807, 2.05) is 43.3 Å². The van der Waals surface area contributed by atoms with Gasteiger partial charge in [0.25, 0.3) is 0 Å². The van der Waals surface area contributed by atoms with Crippen LogP contribution >= 0.6 is 0 Å². The zero-order valence-electron chi connectivity index (χ0n) is 12.1. The minimum atomic E-state index is -0.874. The third kappa shape index (κ3) is 2.35. The summed E-state index contributed by atoms with van der Waals surface area (Å²) in [4.78, 5) is 26.6. The summed E-state index contributed by atoms with van der Waals surface area (Å²) in [5, 5.41) is 0. The van der Waals surface area contributed by atoms with Crippen molar-refractivity contribution >= 4 is 11.9 Å². The van der Waals surface area contributed by atoms with Gasteiger partial charge in [-0.3, -0.25) is 4.79 Å². The molecule has 2 atom stereocenters. The third-order valence-electron chi connectivity index (χ3n) is 4.37. The largest absolute Gasteiger partial charge is 0.461 e. The maximum atomic E-state index is 12.6. The maximum absolute atomic E-state index is 12.6. The van der Waals surface area contributed by atoms with E-state index in [-0.39, 0.29) is 24.5 Å². The van der Waals surface area contributed by atoms with Crippen LogP contribution in [0.3, 0.4) is 0 Å². The Morgan fingerprint density at radius 3 is 2.76 bits per heavy atom. The quantitative estimate of drug-likeness (QED) is 0.745. The van der Waals surface area contributed by atoms with Crippen LogP contribution in [0.2, 0.25) is 0 Å². The molecular formula is C17H19NO3. The Labute approximate surface area is 124 Å². The molecule has 4 heteroatoms. The Morgan fingerprint density at radius 1 is 1.24 bits per heavy atom. The summed E-state index contributed by atoms with van der Waals surface area (Å²) in [6, 6.07) is 9.54. The number of allylic oxidation sites excluding steroid dienone is 1. The number of carbonyl (C=O) groups excluding carboxylic acids is 2. The highest BCUT2D eigenvalue weighted by Gasteiger charge is 2.50. The van der Waals surface area contributed by atoms with Crippen molar-refractivity contribution in [3.63, 3.8) is 0 Å². The molecule has 0 aromatic heterocycles. The summed E-state index contributed by atoms with van der Waals surface area (Å²) in [5.41, 5.74) is 0.124. The number of hydrogen-bond donors (Lipinski definition) is 0. The molecule has 0 saturated carbocycles. The zero-order valence-corrected chi connectivity index (χ0v) is 12.1. The van der Waals surface area contributed by atoms with Crippen LogP contribution in [0, 0.1) is 0 Å². The molecule has 2 aliphatic rings. The number of hydrogen-bond acceptors (Lipinski definition) is 3. The summed E-state index contributed by atoms with van der Waals surface area (Å²) in [6.45, 7) is 2.04. The van der Waals surface area contributed by atoms with Gasteiger partial charge in [-0.25, -0.2) is 4.79 Å². The first-order valence-corrected chi connectivity index (χ1v) is 7.35. The summed E-state index contributed by atoms with van der Waals surface area (Å²) < 4.78 is 5.41. The number of esters is 1. The van der Waals surface area contributed by atoms with Crippen molar-refractivity contribution in [2.24, 2.45) is 0 Å². The van der Waals surface area contributed by atoms with E-state index < -0.39 is 5.54 Å². The van der Waals surface area contributed by atoms with E-state index in [0.717, 1.165) is 18.4 Å². The normalized spacial score (nSPS) is 30.9. The number of amides is 1. The molecule has 1 aromatic rings. The van der Waals surface area contributed by atoms with E-state index in [4.69, 9.17) is 4.74 Å². The first-order chi connectivity index (χ1) is 10.1. The summed E-state index contributed by atoms with van der Waals surface area (Å²) in [6.07, 6.45) is 5.80. The van der Waals surface area contributed by atoms with E-state index in [1.54, 1.807) is 11.0 Å². The molecule has 2 heterocycles. The molecule has 0 N–H and O–H groups in total. The molecule has 0 unspecified atom stereocenters. The van der Waals surface area contributed by atoms with E-state index in [1.165, 1.54) is 0 Å². The summed E-state index contributed by atoms with van der Waals surface area (Å²) >= 11 is 0. The highest BCUT2D eigenvalue weighted by molar-refractivity contribution is 5.94. The lowest BCUT2D eigenvalue weighted by molar-refractivity contribution is -0.180.